The van der Waals surface area contributed by atoms with Gasteiger partial charge in [-0.3, -0.25) is 0 Å². The first kappa shape index (κ1) is 25.4. The summed E-state index contributed by atoms with van der Waals surface area (Å²) in [6, 6.07) is 0. The van der Waals surface area contributed by atoms with Crippen LogP contribution in [0.4, 0.5) is 30.7 Å². The maximum Gasteiger partial charge on any atom is 0.431 e. The zero-order chi connectivity index (χ0) is 20.3. The minimum Gasteiger partial charge on any atom is -0.417 e. The quantitative estimate of drug-likeness (QED) is 0.110. The number of hydrogen-bond donors (Lipinski definition) is 0. The Balaban J connectivity index is 4.47. The molecule has 0 aliphatic rings. The molecule has 0 aliphatic carbocycles. The molecule has 0 bridgehead atoms. The second-order valence-corrected chi connectivity index (χ2v) is 14.3. The van der Waals surface area contributed by atoms with Crippen LogP contribution in [0.15, 0.2) is 0 Å². The monoisotopic (exact) mass is 510 g/mol. The summed E-state index contributed by atoms with van der Waals surface area (Å²) in [5, 5.41) is 0.0199. The van der Waals surface area contributed by atoms with Crippen LogP contribution in [0.5, 0.6) is 0 Å². The van der Waals surface area contributed by atoms with Gasteiger partial charge in [-0.05, 0) is 31.0 Å². The molecule has 0 aromatic rings. The molecule has 0 aromatic heterocycles. The zero-order valence-electron chi connectivity index (χ0n) is 15.0. The summed E-state index contributed by atoms with van der Waals surface area (Å²) in [6.07, 6.45) is -12.6. The maximum absolute atomic E-state index is 13.6. The van der Waals surface area contributed by atoms with Crippen LogP contribution in [0.1, 0.15) is 46.5 Å². The highest BCUT2D eigenvalue weighted by atomic mass is 127. The van der Waals surface area contributed by atoms with Crippen molar-refractivity contribution in [3.05, 3.63) is 0 Å². The summed E-state index contributed by atoms with van der Waals surface area (Å²) >= 11 is 1.46. The highest BCUT2D eigenvalue weighted by Crippen LogP contribution is 2.50. The topological polar surface area (TPSA) is 9.23 Å². The fraction of sp³-hybridized carbons (Fsp3) is 1.00. The molecule has 10 heteroatoms. The van der Waals surface area contributed by atoms with Gasteiger partial charge in [-0.2, -0.15) is 26.3 Å². The summed E-state index contributed by atoms with van der Waals surface area (Å²) in [7, 11) is -1.93. The lowest BCUT2D eigenvalue weighted by atomic mass is 9.96. The smallest absolute Gasteiger partial charge is 0.417 e. The first-order valence-electron chi connectivity index (χ1n) is 7.95. The second kappa shape index (κ2) is 8.62. The van der Waals surface area contributed by atoms with Crippen LogP contribution in [0.25, 0.3) is 0 Å². The molecule has 0 amide bonds. The van der Waals surface area contributed by atoms with Gasteiger partial charge < -0.3 is 4.43 Å². The van der Waals surface area contributed by atoms with Crippen molar-refractivity contribution in [3.8, 4) is 0 Å². The molecule has 0 aliphatic heterocycles. The van der Waals surface area contributed by atoms with Crippen LogP contribution in [0, 0.1) is 0 Å². The fourth-order valence-electron chi connectivity index (χ4n) is 1.81. The van der Waals surface area contributed by atoms with Gasteiger partial charge in [0.15, 0.2) is 8.32 Å². The molecule has 1 nitrogen and oxygen atoms in total. The lowest BCUT2D eigenvalue weighted by Crippen LogP contribution is -2.54. The Labute approximate surface area is 159 Å². The van der Waals surface area contributed by atoms with E-state index in [2.05, 4.69) is 33.9 Å². The van der Waals surface area contributed by atoms with Crippen LogP contribution in [-0.2, 0) is 4.43 Å². The molecule has 0 aromatic carbocycles. The normalized spacial score (nSPS) is 16.2. The van der Waals surface area contributed by atoms with Gasteiger partial charge in [0, 0.05) is 17.0 Å². The van der Waals surface area contributed by atoms with E-state index in [4.69, 9.17) is 4.43 Å². The van der Waals surface area contributed by atoms with Gasteiger partial charge in [-0.15, -0.1) is 0 Å². The molecule has 152 valence electrons. The van der Waals surface area contributed by atoms with Gasteiger partial charge in [0.05, 0.1) is 0 Å². The fourth-order valence-corrected chi connectivity index (χ4v) is 3.95. The van der Waals surface area contributed by atoms with Gasteiger partial charge >= 0.3 is 12.4 Å². The molecule has 25 heavy (non-hydrogen) atoms. The van der Waals surface area contributed by atoms with Crippen molar-refractivity contribution in [3.63, 3.8) is 0 Å². The van der Waals surface area contributed by atoms with Crippen LogP contribution >= 0.6 is 22.6 Å². The average molecular weight is 510 g/mol. The van der Waals surface area contributed by atoms with Crippen molar-refractivity contribution in [1.29, 1.82) is 0 Å². The van der Waals surface area contributed by atoms with E-state index in [-0.39, 0.29) is 11.5 Å². The number of alkyl halides is 8. The third-order valence-electron chi connectivity index (χ3n) is 4.58. The molecular weight excluding hydrogens is 484 g/mol. The molecule has 0 saturated heterocycles. The Morgan fingerprint density at radius 2 is 1.32 bits per heavy atom. The molecule has 1 unspecified atom stereocenters. The van der Waals surface area contributed by atoms with E-state index in [1.54, 1.807) is 0 Å². The average Bonchev–Trinajstić information content (AvgIpc) is 2.33. The van der Waals surface area contributed by atoms with E-state index < -0.39 is 36.7 Å². The van der Waals surface area contributed by atoms with E-state index in [9.17, 15) is 30.7 Å². The van der Waals surface area contributed by atoms with E-state index in [1.165, 1.54) is 22.6 Å². The van der Waals surface area contributed by atoms with Crippen molar-refractivity contribution < 1.29 is 35.2 Å². The third-order valence-corrected chi connectivity index (χ3v) is 10.2. The molecule has 0 spiro atoms. The van der Waals surface area contributed by atoms with Crippen LogP contribution in [0.3, 0.4) is 0 Å². The Hall–Kier alpha value is 0.417. The predicted molar refractivity (Wildman–Crippen MR) is 95.4 cm³/mol. The Morgan fingerprint density at radius 1 is 0.880 bits per heavy atom. The minimum atomic E-state index is -5.97. The molecular formula is C15H26F7IOSi. The standard InChI is InChI=1S/C15H26F7IOSi/c1-12(2,3)25(4,5)24-9-7-6-8-11(23)10-13(16,14(17,18)19)15(20,21)22/h11H,6-10H2,1-5H3. The van der Waals surface area contributed by atoms with Crippen LogP contribution in [-0.4, -0.2) is 36.9 Å². The Bertz CT molecular complexity index is 402. The highest BCUT2D eigenvalue weighted by Gasteiger charge is 2.72. The van der Waals surface area contributed by atoms with Crippen molar-refractivity contribution in [2.24, 2.45) is 0 Å². The number of hydrogen-bond acceptors (Lipinski definition) is 1. The van der Waals surface area contributed by atoms with Gasteiger partial charge in [0.1, 0.15) is 0 Å². The molecule has 1 atom stereocenters. The summed E-state index contributed by atoms with van der Waals surface area (Å²) < 4.78 is 93.7. The van der Waals surface area contributed by atoms with E-state index in [1.807, 2.05) is 0 Å². The third kappa shape index (κ3) is 7.15. The molecule has 0 fully saturated rings. The molecule has 0 rings (SSSR count). The van der Waals surface area contributed by atoms with Gasteiger partial charge in [0.2, 0.25) is 0 Å². The lowest BCUT2D eigenvalue weighted by Gasteiger charge is -2.36. The SMILES string of the molecule is CC(C)(C)[Si](C)(C)OCCCCC(I)CC(F)(C(F)(F)F)C(F)(F)F. The highest BCUT2D eigenvalue weighted by molar-refractivity contribution is 14.1. The molecule has 0 heterocycles. The van der Waals surface area contributed by atoms with E-state index >= 15 is 0 Å². The van der Waals surface area contributed by atoms with Crippen molar-refractivity contribution >= 4 is 30.9 Å². The summed E-state index contributed by atoms with van der Waals surface area (Å²) in [4.78, 5) is 0. The second-order valence-electron chi connectivity index (χ2n) is 7.70. The van der Waals surface area contributed by atoms with Crippen molar-refractivity contribution in [2.75, 3.05) is 6.61 Å². The van der Waals surface area contributed by atoms with Gasteiger partial charge in [0.25, 0.3) is 5.67 Å². The van der Waals surface area contributed by atoms with Gasteiger partial charge in [-0.25, -0.2) is 4.39 Å². The zero-order valence-corrected chi connectivity index (χ0v) is 18.2. The van der Waals surface area contributed by atoms with E-state index in [0.29, 0.717) is 19.4 Å². The summed E-state index contributed by atoms with van der Waals surface area (Å²) in [5.74, 6) is 0. The summed E-state index contributed by atoms with van der Waals surface area (Å²) in [5.41, 5.74) is -5.16. The maximum atomic E-state index is 13.6. The molecule has 0 saturated carbocycles. The first-order chi connectivity index (χ1) is 10.9. The van der Waals surface area contributed by atoms with Gasteiger partial charge in [-0.1, -0.05) is 49.8 Å². The van der Waals surface area contributed by atoms with Crippen LogP contribution < -0.4 is 0 Å². The van der Waals surface area contributed by atoms with Crippen molar-refractivity contribution in [1.82, 2.24) is 0 Å². The number of halogens is 8. The molecule has 0 N–H and O–H groups in total. The number of rotatable bonds is 8. The lowest BCUT2D eigenvalue weighted by molar-refractivity contribution is -0.342. The van der Waals surface area contributed by atoms with Crippen molar-refractivity contribution in [2.45, 2.75) is 86.5 Å². The summed E-state index contributed by atoms with van der Waals surface area (Å²) in [6.45, 7) is 10.7. The predicted octanol–water partition coefficient (Wildman–Crippen LogP) is 7.21. The minimum absolute atomic E-state index is 0.0199. The molecule has 0 radical (unpaired) electrons. The Morgan fingerprint density at radius 3 is 1.68 bits per heavy atom. The Kier molecular flexibility index (Phi) is 8.76. The first-order valence-corrected chi connectivity index (χ1v) is 12.1. The van der Waals surface area contributed by atoms with Crippen LogP contribution in [0.2, 0.25) is 18.1 Å². The van der Waals surface area contributed by atoms with E-state index in [0.717, 1.165) is 0 Å². The number of unbranched alkanes of at least 4 members (excludes halogenated alkanes) is 1. The largest absolute Gasteiger partial charge is 0.431 e.